The van der Waals surface area contributed by atoms with Gasteiger partial charge in [0.25, 0.3) is 0 Å². The SMILES string of the molecule is CCCC1NC(CCC)N(CC(C)(C)OC)C1=O. The highest BCUT2D eigenvalue weighted by Crippen LogP contribution is 2.21. The fraction of sp³-hybridized carbons (Fsp3) is 0.929. The Balaban J connectivity index is 2.74. The summed E-state index contributed by atoms with van der Waals surface area (Å²) in [4.78, 5) is 14.3. The Morgan fingerprint density at radius 2 is 1.89 bits per heavy atom. The molecule has 1 fully saturated rings. The molecule has 2 atom stereocenters. The van der Waals surface area contributed by atoms with Crippen molar-refractivity contribution in [2.24, 2.45) is 0 Å². The number of hydrogen-bond acceptors (Lipinski definition) is 3. The molecule has 1 amide bonds. The van der Waals surface area contributed by atoms with Gasteiger partial charge in [-0.2, -0.15) is 0 Å². The molecule has 0 aromatic carbocycles. The predicted octanol–water partition coefficient (Wildman–Crippen LogP) is 2.14. The summed E-state index contributed by atoms with van der Waals surface area (Å²) in [7, 11) is 1.70. The normalized spacial score (nSPS) is 24.9. The lowest BCUT2D eigenvalue weighted by Gasteiger charge is -2.32. The Morgan fingerprint density at radius 1 is 1.28 bits per heavy atom. The molecule has 1 rings (SSSR count). The van der Waals surface area contributed by atoms with E-state index in [0.29, 0.717) is 6.54 Å². The minimum Gasteiger partial charge on any atom is -0.377 e. The first kappa shape index (κ1) is 15.4. The number of hydrogen-bond donors (Lipinski definition) is 1. The summed E-state index contributed by atoms with van der Waals surface area (Å²) in [6.07, 6.45) is 4.21. The van der Waals surface area contributed by atoms with Crippen LogP contribution in [0, 0.1) is 0 Å². The van der Waals surface area contributed by atoms with Crippen molar-refractivity contribution in [3.05, 3.63) is 0 Å². The van der Waals surface area contributed by atoms with Gasteiger partial charge in [0.15, 0.2) is 0 Å². The van der Waals surface area contributed by atoms with Crippen molar-refractivity contribution < 1.29 is 9.53 Å². The first-order valence-corrected chi connectivity index (χ1v) is 7.06. The molecular weight excluding hydrogens is 228 g/mol. The van der Waals surface area contributed by atoms with E-state index in [4.69, 9.17) is 4.74 Å². The maximum atomic E-state index is 12.4. The van der Waals surface area contributed by atoms with Gasteiger partial charge >= 0.3 is 0 Å². The van der Waals surface area contributed by atoms with Crippen LogP contribution in [0.5, 0.6) is 0 Å². The van der Waals surface area contributed by atoms with Crippen LogP contribution >= 0.6 is 0 Å². The van der Waals surface area contributed by atoms with E-state index in [9.17, 15) is 4.79 Å². The number of amides is 1. The average Bonchev–Trinajstić information content (AvgIpc) is 2.59. The third-order valence-corrected chi connectivity index (χ3v) is 3.59. The monoisotopic (exact) mass is 256 g/mol. The van der Waals surface area contributed by atoms with Crippen molar-refractivity contribution in [1.82, 2.24) is 10.2 Å². The Hall–Kier alpha value is -0.610. The maximum absolute atomic E-state index is 12.4. The van der Waals surface area contributed by atoms with Gasteiger partial charge in [0, 0.05) is 7.11 Å². The Morgan fingerprint density at radius 3 is 2.39 bits per heavy atom. The van der Waals surface area contributed by atoms with E-state index in [1.807, 2.05) is 18.7 Å². The number of nitrogens with zero attached hydrogens (tertiary/aromatic N) is 1. The van der Waals surface area contributed by atoms with E-state index in [2.05, 4.69) is 19.2 Å². The van der Waals surface area contributed by atoms with Gasteiger partial charge in [-0.3, -0.25) is 10.1 Å². The Labute approximate surface area is 111 Å². The highest BCUT2D eigenvalue weighted by molar-refractivity contribution is 5.84. The molecule has 4 heteroatoms. The summed E-state index contributed by atoms with van der Waals surface area (Å²) in [6, 6.07) is -0.000735. The molecule has 106 valence electrons. The van der Waals surface area contributed by atoms with Crippen LogP contribution in [0.4, 0.5) is 0 Å². The van der Waals surface area contributed by atoms with Crippen LogP contribution in [0.3, 0.4) is 0 Å². The summed E-state index contributed by atoms with van der Waals surface area (Å²) in [5.74, 6) is 0.237. The first-order chi connectivity index (χ1) is 8.45. The second-order valence-electron chi connectivity index (χ2n) is 5.74. The Bertz CT molecular complexity index is 279. The van der Waals surface area contributed by atoms with E-state index >= 15 is 0 Å². The number of carbonyl (C=O) groups is 1. The Kier molecular flexibility index (Phi) is 5.60. The van der Waals surface area contributed by atoms with Crippen molar-refractivity contribution in [2.45, 2.75) is 71.2 Å². The van der Waals surface area contributed by atoms with E-state index < -0.39 is 0 Å². The zero-order chi connectivity index (χ0) is 13.8. The van der Waals surface area contributed by atoms with Crippen LogP contribution in [0.1, 0.15) is 53.4 Å². The number of rotatable bonds is 7. The lowest BCUT2D eigenvalue weighted by Crippen LogP contribution is -2.46. The quantitative estimate of drug-likeness (QED) is 0.759. The van der Waals surface area contributed by atoms with Gasteiger partial charge in [0.1, 0.15) is 0 Å². The van der Waals surface area contributed by atoms with Crippen LogP contribution in [0.25, 0.3) is 0 Å². The van der Waals surface area contributed by atoms with Crippen LogP contribution in [-0.4, -0.2) is 42.3 Å². The molecule has 18 heavy (non-hydrogen) atoms. The molecule has 0 spiro atoms. The molecule has 4 nitrogen and oxygen atoms in total. The van der Waals surface area contributed by atoms with E-state index in [1.165, 1.54) is 0 Å². The minimum atomic E-state index is -0.287. The van der Waals surface area contributed by atoms with Gasteiger partial charge in [0.05, 0.1) is 24.4 Å². The molecule has 1 aliphatic heterocycles. The molecule has 1 N–H and O–H groups in total. The van der Waals surface area contributed by atoms with Gasteiger partial charge in [0.2, 0.25) is 5.91 Å². The lowest BCUT2D eigenvalue weighted by atomic mass is 10.1. The molecule has 0 saturated carbocycles. The molecule has 1 aliphatic rings. The van der Waals surface area contributed by atoms with Crippen molar-refractivity contribution in [2.75, 3.05) is 13.7 Å². The maximum Gasteiger partial charge on any atom is 0.241 e. The zero-order valence-electron chi connectivity index (χ0n) is 12.5. The van der Waals surface area contributed by atoms with Crippen molar-refractivity contribution in [3.63, 3.8) is 0 Å². The highest BCUT2D eigenvalue weighted by atomic mass is 16.5. The van der Waals surface area contributed by atoms with Gasteiger partial charge in [-0.25, -0.2) is 0 Å². The summed E-state index contributed by atoms with van der Waals surface area (Å²) in [5.41, 5.74) is -0.287. The summed E-state index contributed by atoms with van der Waals surface area (Å²) in [6.45, 7) is 8.97. The summed E-state index contributed by atoms with van der Waals surface area (Å²) < 4.78 is 5.45. The molecule has 1 saturated heterocycles. The smallest absolute Gasteiger partial charge is 0.241 e. The number of carbonyl (C=O) groups excluding carboxylic acids is 1. The lowest BCUT2D eigenvalue weighted by molar-refractivity contribution is -0.133. The summed E-state index contributed by atoms with van der Waals surface area (Å²) in [5, 5.41) is 3.46. The predicted molar refractivity (Wildman–Crippen MR) is 73.3 cm³/mol. The van der Waals surface area contributed by atoms with Crippen LogP contribution < -0.4 is 5.32 Å². The van der Waals surface area contributed by atoms with Gasteiger partial charge < -0.3 is 9.64 Å². The second kappa shape index (κ2) is 6.53. The molecule has 0 radical (unpaired) electrons. The topological polar surface area (TPSA) is 41.6 Å². The highest BCUT2D eigenvalue weighted by Gasteiger charge is 2.39. The molecule has 0 aromatic heterocycles. The van der Waals surface area contributed by atoms with E-state index in [1.54, 1.807) is 7.11 Å². The molecular formula is C14H28N2O2. The van der Waals surface area contributed by atoms with Crippen molar-refractivity contribution in [3.8, 4) is 0 Å². The standard InChI is InChI=1S/C14H28N2O2/c1-6-8-11-13(17)16(10-14(3,4)18-5)12(15-11)9-7-2/h11-12,15H,6-10H2,1-5H3. The van der Waals surface area contributed by atoms with Crippen molar-refractivity contribution in [1.29, 1.82) is 0 Å². The fourth-order valence-electron chi connectivity index (χ4n) is 2.42. The van der Waals surface area contributed by atoms with Gasteiger partial charge in [-0.05, 0) is 26.7 Å². The molecule has 2 unspecified atom stereocenters. The van der Waals surface area contributed by atoms with Crippen LogP contribution in [0.15, 0.2) is 0 Å². The van der Waals surface area contributed by atoms with Gasteiger partial charge in [-0.15, -0.1) is 0 Å². The average molecular weight is 256 g/mol. The zero-order valence-corrected chi connectivity index (χ0v) is 12.5. The van der Waals surface area contributed by atoms with Crippen molar-refractivity contribution >= 4 is 5.91 Å². The second-order valence-corrected chi connectivity index (χ2v) is 5.74. The number of methoxy groups -OCH3 is 1. The van der Waals surface area contributed by atoms with E-state index in [-0.39, 0.29) is 23.7 Å². The molecule has 0 aromatic rings. The van der Waals surface area contributed by atoms with Gasteiger partial charge in [-0.1, -0.05) is 26.7 Å². The van der Waals surface area contributed by atoms with Crippen LogP contribution in [-0.2, 0) is 9.53 Å². The minimum absolute atomic E-state index is 0.000735. The number of nitrogens with one attached hydrogen (secondary N) is 1. The fourth-order valence-corrected chi connectivity index (χ4v) is 2.42. The van der Waals surface area contributed by atoms with Crippen LogP contribution in [0.2, 0.25) is 0 Å². The number of ether oxygens (including phenoxy) is 1. The molecule has 1 heterocycles. The molecule has 0 bridgehead atoms. The van der Waals surface area contributed by atoms with E-state index in [0.717, 1.165) is 25.7 Å². The summed E-state index contributed by atoms with van der Waals surface area (Å²) >= 11 is 0. The third-order valence-electron chi connectivity index (χ3n) is 3.59. The molecule has 0 aliphatic carbocycles. The third kappa shape index (κ3) is 3.69. The first-order valence-electron chi connectivity index (χ1n) is 7.06. The largest absolute Gasteiger partial charge is 0.377 e.